The summed E-state index contributed by atoms with van der Waals surface area (Å²) in [5.74, 6) is -1.18. The zero-order chi connectivity index (χ0) is 24.5. The molecule has 1 saturated heterocycles. The molecule has 0 unspecified atom stereocenters. The molecule has 4 heterocycles. The minimum atomic E-state index is -0.620. The van der Waals surface area contributed by atoms with Crippen LogP contribution in [0.4, 0.5) is 10.1 Å². The van der Waals surface area contributed by atoms with Gasteiger partial charge >= 0.3 is 0 Å². The fraction of sp³-hybridized carbons (Fsp3) is 0.292. The maximum atomic E-state index is 14.8. The number of amides is 2. The van der Waals surface area contributed by atoms with Gasteiger partial charge in [0.15, 0.2) is 0 Å². The van der Waals surface area contributed by atoms with Crippen molar-refractivity contribution >= 4 is 28.4 Å². The molecule has 3 aromatic heterocycles. The lowest BCUT2D eigenvalue weighted by atomic mass is 10.2. The van der Waals surface area contributed by atoms with Gasteiger partial charge in [0.25, 0.3) is 5.91 Å². The van der Waals surface area contributed by atoms with Crippen LogP contribution in [-0.2, 0) is 18.4 Å². The Balaban J connectivity index is 1.31. The molecule has 11 heteroatoms. The maximum absolute atomic E-state index is 14.8. The van der Waals surface area contributed by atoms with Crippen LogP contribution in [0.3, 0.4) is 0 Å². The normalized spacial score (nSPS) is 14.4. The first-order chi connectivity index (χ1) is 16.9. The first kappa shape index (κ1) is 22.7. The average Bonchev–Trinajstić information content (AvgIpc) is 3.45. The van der Waals surface area contributed by atoms with Gasteiger partial charge in [-0.25, -0.2) is 9.37 Å². The molecular weight excluding hydrogens is 451 g/mol. The average molecular weight is 477 g/mol. The van der Waals surface area contributed by atoms with Gasteiger partial charge in [0.2, 0.25) is 5.91 Å². The number of carbonyl (C=O) groups excluding carboxylic acids is 2. The van der Waals surface area contributed by atoms with Crippen LogP contribution >= 0.6 is 0 Å². The van der Waals surface area contributed by atoms with E-state index in [-0.39, 0.29) is 23.8 Å². The lowest BCUT2D eigenvalue weighted by molar-refractivity contribution is -0.133. The van der Waals surface area contributed by atoms with E-state index in [9.17, 15) is 14.0 Å². The SMILES string of the molecule is CN1CCN(C(=O)Cn2cc3cc(NC(=O)c4cccc(-c5cnn(C)c5)n4)c(F)cc3n2)CC1. The molecule has 0 saturated carbocycles. The van der Waals surface area contributed by atoms with Crippen LogP contribution in [-0.4, -0.2) is 79.4 Å². The number of nitrogens with one attached hydrogen (secondary N) is 1. The smallest absolute Gasteiger partial charge is 0.274 e. The Morgan fingerprint density at radius 2 is 1.89 bits per heavy atom. The number of nitrogens with zero attached hydrogens (tertiary/aromatic N) is 7. The van der Waals surface area contributed by atoms with Crippen molar-refractivity contribution in [2.75, 3.05) is 38.5 Å². The van der Waals surface area contributed by atoms with Gasteiger partial charge in [-0.2, -0.15) is 10.2 Å². The number of fused-ring (bicyclic) bond motifs is 1. The Kier molecular flexibility index (Phi) is 6.00. The van der Waals surface area contributed by atoms with Crippen LogP contribution in [0.5, 0.6) is 0 Å². The van der Waals surface area contributed by atoms with Gasteiger partial charge in [0.05, 0.1) is 23.1 Å². The van der Waals surface area contributed by atoms with Crippen molar-refractivity contribution in [2.45, 2.75) is 6.54 Å². The van der Waals surface area contributed by atoms with Gasteiger partial charge in [-0.15, -0.1) is 0 Å². The van der Waals surface area contributed by atoms with Crippen LogP contribution < -0.4 is 5.32 Å². The van der Waals surface area contributed by atoms with Crippen molar-refractivity contribution in [1.29, 1.82) is 0 Å². The van der Waals surface area contributed by atoms with Crippen molar-refractivity contribution in [1.82, 2.24) is 34.3 Å². The Hall–Kier alpha value is -4.12. The van der Waals surface area contributed by atoms with Crippen LogP contribution in [0.15, 0.2) is 48.9 Å². The molecule has 0 spiro atoms. The second kappa shape index (κ2) is 9.26. The van der Waals surface area contributed by atoms with E-state index >= 15 is 0 Å². The van der Waals surface area contributed by atoms with Gasteiger partial charge in [-0.3, -0.25) is 19.0 Å². The lowest BCUT2D eigenvalue weighted by Gasteiger charge is -2.32. The molecule has 0 bridgehead atoms. The summed E-state index contributed by atoms with van der Waals surface area (Å²) < 4.78 is 17.9. The number of rotatable bonds is 5. The van der Waals surface area contributed by atoms with Gasteiger partial charge < -0.3 is 15.1 Å². The van der Waals surface area contributed by atoms with Crippen molar-refractivity contribution in [3.63, 3.8) is 0 Å². The van der Waals surface area contributed by atoms with E-state index in [2.05, 4.69) is 25.4 Å². The van der Waals surface area contributed by atoms with E-state index in [4.69, 9.17) is 0 Å². The Labute approximate surface area is 200 Å². The number of hydrogen-bond donors (Lipinski definition) is 1. The van der Waals surface area contributed by atoms with Crippen LogP contribution in [0.1, 0.15) is 10.5 Å². The molecule has 10 nitrogen and oxygen atoms in total. The second-order valence-corrected chi connectivity index (χ2v) is 8.67. The monoisotopic (exact) mass is 476 g/mol. The minimum Gasteiger partial charge on any atom is -0.339 e. The van der Waals surface area contributed by atoms with Crippen molar-refractivity contribution < 1.29 is 14.0 Å². The third-order valence-corrected chi connectivity index (χ3v) is 6.02. The fourth-order valence-corrected chi connectivity index (χ4v) is 4.03. The number of hydrogen-bond acceptors (Lipinski definition) is 6. The molecule has 1 aromatic carbocycles. The Bertz CT molecular complexity index is 1400. The van der Waals surface area contributed by atoms with E-state index < -0.39 is 11.7 Å². The minimum absolute atomic E-state index is 0.0148. The zero-order valence-corrected chi connectivity index (χ0v) is 19.5. The number of benzene rings is 1. The number of carbonyl (C=O) groups is 2. The highest BCUT2D eigenvalue weighted by molar-refractivity contribution is 6.04. The van der Waals surface area contributed by atoms with Crippen molar-refractivity contribution in [2.24, 2.45) is 7.05 Å². The van der Waals surface area contributed by atoms with E-state index in [0.717, 1.165) is 18.7 Å². The molecule has 180 valence electrons. The molecule has 1 aliphatic heterocycles. The summed E-state index contributed by atoms with van der Waals surface area (Å²) in [4.78, 5) is 33.8. The lowest BCUT2D eigenvalue weighted by Crippen LogP contribution is -2.48. The molecule has 0 aliphatic carbocycles. The molecule has 0 radical (unpaired) electrons. The number of anilines is 1. The summed E-state index contributed by atoms with van der Waals surface area (Å²) in [6.45, 7) is 3.10. The standard InChI is InChI=1S/C24H25FN8O2/c1-30-6-8-32(9-7-30)23(34)15-33-14-16-10-22(18(25)11-21(16)29-33)28-24(35)20-5-3-4-19(27-20)17-12-26-31(2)13-17/h3-5,10-14H,6-9,15H2,1-2H3,(H,28,35). The summed E-state index contributed by atoms with van der Waals surface area (Å²) in [5, 5.41) is 11.7. The molecular formula is C24H25FN8O2. The number of piperazine rings is 1. The highest BCUT2D eigenvalue weighted by Gasteiger charge is 2.20. The number of pyridine rings is 1. The van der Waals surface area contributed by atoms with Crippen molar-refractivity contribution in [3.8, 4) is 11.3 Å². The maximum Gasteiger partial charge on any atom is 0.274 e. The zero-order valence-electron chi connectivity index (χ0n) is 19.5. The number of likely N-dealkylation sites (N-methyl/N-ethyl adjacent to an activating group) is 1. The highest BCUT2D eigenvalue weighted by atomic mass is 19.1. The quantitative estimate of drug-likeness (QED) is 0.473. The third kappa shape index (κ3) is 4.90. The van der Waals surface area contributed by atoms with Gasteiger partial charge in [-0.1, -0.05) is 6.07 Å². The molecule has 5 rings (SSSR count). The predicted octanol–water partition coefficient (Wildman–Crippen LogP) is 2.00. The highest BCUT2D eigenvalue weighted by Crippen LogP contribution is 2.23. The second-order valence-electron chi connectivity index (χ2n) is 8.67. The van der Waals surface area contributed by atoms with Gasteiger partial charge in [0.1, 0.15) is 18.1 Å². The van der Waals surface area contributed by atoms with Crippen LogP contribution in [0.25, 0.3) is 22.2 Å². The van der Waals surface area contributed by atoms with Crippen LogP contribution in [0.2, 0.25) is 0 Å². The fourth-order valence-electron chi connectivity index (χ4n) is 4.03. The predicted molar refractivity (Wildman–Crippen MR) is 128 cm³/mol. The Morgan fingerprint density at radius 1 is 1.09 bits per heavy atom. The molecule has 1 N–H and O–H groups in total. The summed E-state index contributed by atoms with van der Waals surface area (Å²) in [6.07, 6.45) is 5.13. The van der Waals surface area contributed by atoms with E-state index in [0.29, 0.717) is 29.7 Å². The van der Waals surface area contributed by atoms with Gasteiger partial charge in [-0.05, 0) is 25.2 Å². The summed E-state index contributed by atoms with van der Waals surface area (Å²) >= 11 is 0. The number of aryl methyl sites for hydroxylation is 1. The number of halogens is 1. The number of aromatic nitrogens is 5. The molecule has 0 atom stereocenters. The Morgan fingerprint density at radius 3 is 2.63 bits per heavy atom. The first-order valence-corrected chi connectivity index (χ1v) is 11.3. The summed E-state index contributed by atoms with van der Waals surface area (Å²) in [5.41, 5.74) is 1.94. The van der Waals surface area contributed by atoms with Gasteiger partial charge in [0, 0.05) is 62.6 Å². The molecule has 1 fully saturated rings. The molecule has 35 heavy (non-hydrogen) atoms. The molecule has 2 amide bonds. The van der Waals surface area contributed by atoms with E-state index in [1.165, 1.54) is 16.8 Å². The molecule has 1 aliphatic rings. The van der Waals surface area contributed by atoms with E-state index in [1.807, 2.05) is 11.9 Å². The first-order valence-electron chi connectivity index (χ1n) is 11.3. The third-order valence-electron chi connectivity index (χ3n) is 6.02. The topological polar surface area (TPSA) is 101 Å². The summed E-state index contributed by atoms with van der Waals surface area (Å²) in [6, 6.07) is 7.82. The largest absolute Gasteiger partial charge is 0.339 e. The van der Waals surface area contributed by atoms with Crippen LogP contribution in [0, 0.1) is 5.82 Å². The molecule has 4 aromatic rings. The van der Waals surface area contributed by atoms with E-state index in [1.54, 1.807) is 48.5 Å². The van der Waals surface area contributed by atoms with Crippen molar-refractivity contribution in [3.05, 3.63) is 60.4 Å². The summed E-state index contributed by atoms with van der Waals surface area (Å²) in [7, 11) is 3.82.